The molecule has 1 aromatic carbocycles. The van der Waals surface area contributed by atoms with E-state index in [4.69, 9.17) is 20.1 Å². The number of methoxy groups -OCH3 is 1. The minimum atomic E-state index is -0.260. The fraction of sp³-hybridized carbons (Fsp3) is 0.667. The molecule has 6 heteroatoms. The van der Waals surface area contributed by atoms with Gasteiger partial charge in [-0.2, -0.15) is 0 Å². The zero-order chi connectivity index (χ0) is 18.9. The van der Waals surface area contributed by atoms with Crippen molar-refractivity contribution in [3.05, 3.63) is 29.3 Å². The first-order valence-corrected chi connectivity index (χ1v) is 9.98. The second-order valence-electron chi connectivity index (χ2n) is 8.55. The molecule has 0 spiro atoms. The summed E-state index contributed by atoms with van der Waals surface area (Å²) < 4.78 is 16.5. The Bertz CT molecular complexity index is 655. The van der Waals surface area contributed by atoms with E-state index in [0.717, 1.165) is 29.1 Å². The number of hydrazine groups is 1. The molecule has 4 aliphatic rings. The van der Waals surface area contributed by atoms with Crippen LogP contribution in [-0.2, 0) is 14.9 Å². The Balaban J connectivity index is 1.61. The van der Waals surface area contributed by atoms with Gasteiger partial charge in [-0.3, -0.25) is 10.2 Å². The third-order valence-electron chi connectivity index (χ3n) is 6.71. The molecule has 4 aliphatic carbocycles. The van der Waals surface area contributed by atoms with Crippen molar-refractivity contribution in [2.24, 2.45) is 23.6 Å². The quantitative estimate of drug-likeness (QED) is 0.240. The standard InChI is InChI=1S/C21H30N2O4/c1-25-4-5-26-13-27-19-3-2-17(20(24)23-22)9-18(19)21-10-14-6-15(11-21)8-16(7-14)12-21/h2-3,9,14-16H,4-8,10-13,22H2,1H3,(H,23,24). The number of ether oxygens (including phenoxy) is 3. The van der Waals surface area contributed by atoms with E-state index in [1.807, 2.05) is 12.1 Å². The van der Waals surface area contributed by atoms with Gasteiger partial charge in [-0.25, -0.2) is 5.84 Å². The molecule has 4 fully saturated rings. The van der Waals surface area contributed by atoms with Crippen LogP contribution in [-0.4, -0.2) is 33.0 Å². The van der Waals surface area contributed by atoms with Crippen LogP contribution >= 0.6 is 0 Å². The van der Waals surface area contributed by atoms with Crippen LogP contribution in [0, 0.1) is 17.8 Å². The van der Waals surface area contributed by atoms with Crippen molar-refractivity contribution >= 4 is 5.91 Å². The van der Waals surface area contributed by atoms with Crippen molar-refractivity contribution in [1.82, 2.24) is 5.43 Å². The van der Waals surface area contributed by atoms with Crippen molar-refractivity contribution in [3.8, 4) is 5.75 Å². The number of carbonyl (C=O) groups is 1. The van der Waals surface area contributed by atoms with Crippen molar-refractivity contribution in [2.45, 2.75) is 43.9 Å². The predicted octanol–water partition coefficient (Wildman–Crippen LogP) is 2.76. The van der Waals surface area contributed by atoms with Gasteiger partial charge in [0.2, 0.25) is 0 Å². The van der Waals surface area contributed by atoms with Gasteiger partial charge in [0.25, 0.3) is 5.91 Å². The van der Waals surface area contributed by atoms with E-state index in [1.54, 1.807) is 13.2 Å². The van der Waals surface area contributed by atoms with E-state index >= 15 is 0 Å². The Hall–Kier alpha value is -1.63. The van der Waals surface area contributed by atoms with Crippen LogP contribution in [0.3, 0.4) is 0 Å². The molecule has 148 valence electrons. The van der Waals surface area contributed by atoms with Crippen molar-refractivity contribution in [3.63, 3.8) is 0 Å². The Morgan fingerprint density at radius 3 is 2.41 bits per heavy atom. The van der Waals surface area contributed by atoms with Gasteiger partial charge >= 0.3 is 0 Å². The topological polar surface area (TPSA) is 82.8 Å². The number of carbonyl (C=O) groups excluding carboxylic acids is 1. The number of rotatable bonds is 8. The minimum absolute atomic E-state index is 0.126. The molecule has 0 saturated heterocycles. The van der Waals surface area contributed by atoms with Gasteiger partial charge < -0.3 is 14.2 Å². The van der Waals surface area contributed by atoms with Crippen LogP contribution in [0.5, 0.6) is 5.75 Å². The fourth-order valence-corrected chi connectivity index (χ4v) is 6.04. The SMILES string of the molecule is COCCOCOc1ccc(C(=O)NN)cc1C12CC3CC(CC(C3)C1)C2. The van der Waals surface area contributed by atoms with E-state index in [0.29, 0.717) is 18.8 Å². The highest BCUT2D eigenvalue weighted by Gasteiger charge is 2.52. The molecular weight excluding hydrogens is 344 g/mol. The predicted molar refractivity (Wildman–Crippen MR) is 101 cm³/mol. The third kappa shape index (κ3) is 3.71. The molecule has 0 heterocycles. The zero-order valence-corrected chi connectivity index (χ0v) is 16.0. The van der Waals surface area contributed by atoms with Gasteiger partial charge in [0.15, 0.2) is 6.79 Å². The average Bonchev–Trinajstić information content (AvgIpc) is 2.66. The first-order valence-electron chi connectivity index (χ1n) is 9.98. The van der Waals surface area contributed by atoms with Gasteiger partial charge in [-0.05, 0) is 79.9 Å². The largest absolute Gasteiger partial charge is 0.467 e. The molecule has 4 saturated carbocycles. The normalized spacial score (nSPS) is 31.1. The maximum atomic E-state index is 12.1. The highest BCUT2D eigenvalue weighted by atomic mass is 16.7. The minimum Gasteiger partial charge on any atom is -0.467 e. The molecular formula is C21H30N2O4. The van der Waals surface area contributed by atoms with Crippen LogP contribution in [0.1, 0.15) is 54.4 Å². The second-order valence-corrected chi connectivity index (χ2v) is 8.55. The highest BCUT2D eigenvalue weighted by Crippen LogP contribution is 2.61. The number of nitrogen functional groups attached to an aromatic ring is 1. The summed E-state index contributed by atoms with van der Waals surface area (Å²) in [4.78, 5) is 12.1. The van der Waals surface area contributed by atoms with Crippen molar-refractivity contribution in [1.29, 1.82) is 0 Å². The van der Waals surface area contributed by atoms with Crippen LogP contribution in [0.25, 0.3) is 0 Å². The Morgan fingerprint density at radius 2 is 1.81 bits per heavy atom. The van der Waals surface area contributed by atoms with Gasteiger partial charge in [0.1, 0.15) is 5.75 Å². The number of benzene rings is 1. The highest BCUT2D eigenvalue weighted by molar-refractivity contribution is 5.94. The summed E-state index contributed by atoms with van der Waals surface area (Å²) in [6, 6.07) is 5.68. The maximum absolute atomic E-state index is 12.1. The first-order chi connectivity index (χ1) is 13.1. The molecule has 0 radical (unpaired) electrons. The van der Waals surface area contributed by atoms with Crippen LogP contribution < -0.4 is 16.0 Å². The smallest absolute Gasteiger partial charge is 0.265 e. The van der Waals surface area contributed by atoms with Crippen LogP contribution in [0.15, 0.2) is 18.2 Å². The molecule has 0 aromatic heterocycles. The molecule has 4 bridgehead atoms. The average molecular weight is 374 g/mol. The third-order valence-corrected chi connectivity index (χ3v) is 6.71. The molecule has 27 heavy (non-hydrogen) atoms. The number of nitrogens with two attached hydrogens (primary N) is 1. The second kappa shape index (κ2) is 7.78. The lowest BCUT2D eigenvalue weighted by Gasteiger charge is -2.57. The zero-order valence-electron chi connectivity index (χ0n) is 16.0. The van der Waals surface area contributed by atoms with E-state index in [9.17, 15) is 4.79 Å². The van der Waals surface area contributed by atoms with Gasteiger partial charge in [-0.1, -0.05) is 0 Å². The Labute approximate surface area is 160 Å². The molecule has 1 amide bonds. The van der Waals surface area contributed by atoms with Gasteiger partial charge in [-0.15, -0.1) is 0 Å². The first kappa shape index (κ1) is 18.7. The summed E-state index contributed by atoms with van der Waals surface area (Å²) in [6.07, 6.45) is 7.73. The van der Waals surface area contributed by atoms with Gasteiger partial charge in [0, 0.05) is 18.2 Å². The lowest BCUT2D eigenvalue weighted by Crippen LogP contribution is -2.48. The summed E-state index contributed by atoms with van der Waals surface area (Å²) in [7, 11) is 1.65. The fourth-order valence-electron chi connectivity index (χ4n) is 6.04. The Kier molecular flexibility index (Phi) is 5.39. The van der Waals surface area contributed by atoms with Crippen LogP contribution in [0.2, 0.25) is 0 Å². The molecule has 3 N–H and O–H groups in total. The Morgan fingerprint density at radius 1 is 1.15 bits per heavy atom. The summed E-state index contributed by atoms with van der Waals surface area (Å²) >= 11 is 0. The van der Waals surface area contributed by atoms with Crippen molar-refractivity contribution < 1.29 is 19.0 Å². The summed E-state index contributed by atoms with van der Waals surface area (Å²) in [5.41, 5.74) is 4.13. The van der Waals surface area contributed by atoms with E-state index in [1.165, 1.54) is 38.5 Å². The van der Waals surface area contributed by atoms with Gasteiger partial charge in [0.05, 0.1) is 13.2 Å². The molecule has 5 rings (SSSR count). The van der Waals surface area contributed by atoms with Crippen LogP contribution in [0.4, 0.5) is 0 Å². The van der Waals surface area contributed by atoms with Crippen molar-refractivity contribution in [2.75, 3.05) is 27.1 Å². The number of hydrogen-bond donors (Lipinski definition) is 2. The lowest BCUT2D eigenvalue weighted by molar-refractivity contribution is -0.0189. The number of hydrogen-bond acceptors (Lipinski definition) is 5. The maximum Gasteiger partial charge on any atom is 0.265 e. The monoisotopic (exact) mass is 374 g/mol. The van der Waals surface area contributed by atoms with E-state index in [2.05, 4.69) is 5.43 Å². The van der Waals surface area contributed by atoms with E-state index < -0.39 is 0 Å². The lowest BCUT2D eigenvalue weighted by atomic mass is 9.48. The molecule has 0 atom stereocenters. The number of amides is 1. The molecule has 0 unspecified atom stereocenters. The van der Waals surface area contributed by atoms with E-state index in [-0.39, 0.29) is 18.1 Å². The molecule has 0 aliphatic heterocycles. The summed E-state index contributed by atoms with van der Waals surface area (Å²) in [6.45, 7) is 1.23. The number of nitrogens with one attached hydrogen (secondary N) is 1. The summed E-state index contributed by atoms with van der Waals surface area (Å²) in [5, 5.41) is 0. The summed E-state index contributed by atoms with van der Waals surface area (Å²) in [5.74, 6) is 8.38. The molecule has 6 nitrogen and oxygen atoms in total. The molecule has 1 aromatic rings.